The minimum absolute atomic E-state index is 0.236. The van der Waals surface area contributed by atoms with Crippen LogP contribution in [0.2, 0.25) is 0 Å². The summed E-state index contributed by atoms with van der Waals surface area (Å²) >= 11 is 0. The quantitative estimate of drug-likeness (QED) is 0.382. The summed E-state index contributed by atoms with van der Waals surface area (Å²) in [5, 5.41) is 9.55. The van der Waals surface area contributed by atoms with Crippen LogP contribution in [-0.2, 0) is 10.1 Å². The van der Waals surface area contributed by atoms with Crippen molar-refractivity contribution in [3.63, 3.8) is 0 Å². The highest BCUT2D eigenvalue weighted by atomic mass is 17.1. The molecule has 2 heteroatoms. The minimum atomic E-state index is -0.236. The Morgan fingerprint density at radius 3 is 2.00 bits per heavy atom. The average Bonchev–Trinajstić information content (AvgIpc) is 1.65. The SMILES string of the molecule is C[C](C)C(C)O[O]. The van der Waals surface area contributed by atoms with E-state index in [2.05, 4.69) is 4.89 Å². The molecule has 2 radical (unpaired) electrons. The van der Waals surface area contributed by atoms with E-state index in [9.17, 15) is 5.26 Å². The van der Waals surface area contributed by atoms with Gasteiger partial charge in [-0.3, -0.25) is 0 Å². The molecule has 0 saturated carbocycles. The van der Waals surface area contributed by atoms with Crippen LogP contribution < -0.4 is 0 Å². The van der Waals surface area contributed by atoms with Crippen LogP contribution in [-0.4, -0.2) is 6.10 Å². The monoisotopic (exact) mass is 102 g/mol. The Morgan fingerprint density at radius 1 is 1.57 bits per heavy atom. The largest absolute Gasteiger partial charge is 0.200 e. The molecule has 0 rings (SSSR count). The van der Waals surface area contributed by atoms with Crippen molar-refractivity contribution in [1.82, 2.24) is 0 Å². The van der Waals surface area contributed by atoms with Crippen molar-refractivity contribution in [2.24, 2.45) is 0 Å². The van der Waals surface area contributed by atoms with E-state index >= 15 is 0 Å². The van der Waals surface area contributed by atoms with Gasteiger partial charge in [0.05, 0.1) is 6.10 Å². The van der Waals surface area contributed by atoms with Crippen LogP contribution in [0, 0.1) is 5.92 Å². The third-order valence-corrected chi connectivity index (χ3v) is 0.957. The summed E-state index contributed by atoms with van der Waals surface area (Å²) in [4.78, 5) is 3.72. The fourth-order valence-corrected chi connectivity index (χ4v) is 0.0962. The molecule has 0 fully saturated rings. The van der Waals surface area contributed by atoms with E-state index in [-0.39, 0.29) is 6.10 Å². The Hall–Kier alpha value is -0.0800. The van der Waals surface area contributed by atoms with Gasteiger partial charge in [-0.1, -0.05) is 13.8 Å². The van der Waals surface area contributed by atoms with Gasteiger partial charge in [-0.2, -0.15) is 0 Å². The van der Waals surface area contributed by atoms with Crippen molar-refractivity contribution >= 4 is 0 Å². The summed E-state index contributed by atoms with van der Waals surface area (Å²) in [6.07, 6.45) is -0.236. The second-order valence-electron chi connectivity index (χ2n) is 1.82. The van der Waals surface area contributed by atoms with E-state index in [0.717, 1.165) is 5.92 Å². The van der Waals surface area contributed by atoms with E-state index < -0.39 is 0 Å². The van der Waals surface area contributed by atoms with Gasteiger partial charge in [0.1, 0.15) is 0 Å². The highest BCUT2D eigenvalue weighted by Gasteiger charge is 2.05. The van der Waals surface area contributed by atoms with Crippen LogP contribution in [0.3, 0.4) is 0 Å². The molecular formula is C5H10O2. The molecule has 0 heterocycles. The first-order valence-corrected chi connectivity index (χ1v) is 2.27. The molecule has 0 amide bonds. The molecule has 0 saturated heterocycles. The van der Waals surface area contributed by atoms with Gasteiger partial charge < -0.3 is 0 Å². The lowest BCUT2D eigenvalue weighted by Crippen LogP contribution is -2.09. The summed E-state index contributed by atoms with van der Waals surface area (Å²) in [5.41, 5.74) is 0. The predicted octanol–water partition coefficient (Wildman–Crippen LogP) is 1.35. The van der Waals surface area contributed by atoms with Crippen LogP contribution in [0.25, 0.3) is 0 Å². The second-order valence-corrected chi connectivity index (χ2v) is 1.82. The van der Waals surface area contributed by atoms with Crippen LogP contribution in [0.15, 0.2) is 0 Å². The molecule has 0 aliphatic rings. The van der Waals surface area contributed by atoms with Crippen molar-refractivity contribution in [2.45, 2.75) is 26.9 Å². The van der Waals surface area contributed by atoms with Crippen molar-refractivity contribution < 1.29 is 10.1 Å². The van der Waals surface area contributed by atoms with Gasteiger partial charge in [-0.05, 0) is 12.2 Å². The van der Waals surface area contributed by atoms with E-state index in [4.69, 9.17) is 0 Å². The smallest absolute Gasteiger partial charge is 0.0991 e. The number of rotatable bonds is 2. The van der Waals surface area contributed by atoms with Gasteiger partial charge in [0, 0.05) is 5.92 Å². The van der Waals surface area contributed by atoms with Crippen LogP contribution in [0.1, 0.15) is 20.8 Å². The Bertz CT molecular complexity index is 43.3. The zero-order valence-corrected chi connectivity index (χ0v) is 4.89. The zero-order chi connectivity index (χ0) is 5.86. The molecule has 0 aliphatic carbocycles. The van der Waals surface area contributed by atoms with Crippen molar-refractivity contribution in [1.29, 1.82) is 0 Å². The van der Waals surface area contributed by atoms with Gasteiger partial charge >= 0.3 is 0 Å². The van der Waals surface area contributed by atoms with Gasteiger partial charge in [0.25, 0.3) is 0 Å². The molecule has 42 valence electrons. The molecule has 1 unspecified atom stereocenters. The van der Waals surface area contributed by atoms with Crippen molar-refractivity contribution in [3.05, 3.63) is 5.92 Å². The molecule has 0 aliphatic heterocycles. The minimum Gasteiger partial charge on any atom is -0.200 e. The molecule has 1 atom stereocenters. The van der Waals surface area contributed by atoms with E-state index in [1.54, 1.807) is 6.92 Å². The lowest BCUT2D eigenvalue weighted by molar-refractivity contribution is -0.326. The van der Waals surface area contributed by atoms with E-state index in [1.807, 2.05) is 13.8 Å². The highest BCUT2D eigenvalue weighted by molar-refractivity contribution is 4.83. The van der Waals surface area contributed by atoms with Gasteiger partial charge in [0.15, 0.2) is 0 Å². The molecule has 0 aromatic heterocycles. The van der Waals surface area contributed by atoms with Crippen LogP contribution >= 0.6 is 0 Å². The first-order valence-electron chi connectivity index (χ1n) is 2.27. The topological polar surface area (TPSA) is 29.1 Å². The number of hydrogen-bond donors (Lipinski definition) is 0. The molecule has 0 aromatic rings. The predicted molar refractivity (Wildman–Crippen MR) is 25.8 cm³/mol. The lowest BCUT2D eigenvalue weighted by Gasteiger charge is -2.06. The maximum Gasteiger partial charge on any atom is 0.0991 e. The standard InChI is InChI=1S/C5H10O2/c1-4(2)5(3)7-6/h5H,1-3H3. The Morgan fingerprint density at radius 2 is 2.00 bits per heavy atom. The Balaban J connectivity index is 3.14. The third-order valence-electron chi connectivity index (χ3n) is 0.957. The fourth-order valence-electron chi connectivity index (χ4n) is 0.0962. The second kappa shape index (κ2) is 2.99. The summed E-state index contributed by atoms with van der Waals surface area (Å²) < 4.78 is 0. The zero-order valence-electron chi connectivity index (χ0n) is 4.89. The summed E-state index contributed by atoms with van der Waals surface area (Å²) in [7, 11) is 0. The lowest BCUT2D eigenvalue weighted by atomic mass is 10.1. The molecule has 0 N–H and O–H groups in total. The molecule has 7 heavy (non-hydrogen) atoms. The highest BCUT2D eigenvalue weighted by Crippen LogP contribution is 2.04. The molecule has 0 spiro atoms. The summed E-state index contributed by atoms with van der Waals surface area (Å²) in [6, 6.07) is 0. The maximum atomic E-state index is 9.55. The van der Waals surface area contributed by atoms with E-state index in [1.165, 1.54) is 0 Å². The van der Waals surface area contributed by atoms with Gasteiger partial charge in [-0.15, -0.1) is 0 Å². The summed E-state index contributed by atoms with van der Waals surface area (Å²) in [6.45, 7) is 5.45. The summed E-state index contributed by atoms with van der Waals surface area (Å²) in [5.74, 6) is 1.01. The van der Waals surface area contributed by atoms with Crippen LogP contribution in [0.4, 0.5) is 0 Å². The third kappa shape index (κ3) is 2.60. The Labute approximate surface area is 44.0 Å². The van der Waals surface area contributed by atoms with Gasteiger partial charge in [0.2, 0.25) is 0 Å². The van der Waals surface area contributed by atoms with E-state index in [0.29, 0.717) is 0 Å². The molecule has 2 nitrogen and oxygen atoms in total. The van der Waals surface area contributed by atoms with Gasteiger partial charge in [-0.25, -0.2) is 4.89 Å². The molecule has 0 aromatic carbocycles. The first-order chi connectivity index (χ1) is 3.18. The Kier molecular flexibility index (Phi) is 2.96. The maximum absolute atomic E-state index is 9.55. The first kappa shape index (κ1) is 6.92. The van der Waals surface area contributed by atoms with Crippen LogP contribution in [0.5, 0.6) is 0 Å². The van der Waals surface area contributed by atoms with Crippen molar-refractivity contribution in [3.8, 4) is 0 Å². The number of hydrogen-bond acceptors (Lipinski definition) is 1. The normalized spacial score (nSPS) is 15.0. The average molecular weight is 102 g/mol. The molecule has 0 bridgehead atoms. The molecular weight excluding hydrogens is 92.1 g/mol. The van der Waals surface area contributed by atoms with Crippen molar-refractivity contribution in [2.75, 3.05) is 0 Å². The fraction of sp³-hybridized carbons (Fsp3) is 0.800.